The third-order valence-electron chi connectivity index (χ3n) is 4.36. The number of amides is 2. The summed E-state index contributed by atoms with van der Waals surface area (Å²) in [5, 5.41) is 13.9. The van der Waals surface area contributed by atoms with Gasteiger partial charge in [-0.2, -0.15) is 0 Å². The molecule has 0 saturated heterocycles. The van der Waals surface area contributed by atoms with Crippen LogP contribution in [0.15, 0.2) is 78.0 Å². The molecule has 0 bridgehead atoms. The smallest absolute Gasteiger partial charge is 0.323 e. The van der Waals surface area contributed by atoms with Crippen LogP contribution in [-0.2, 0) is 0 Å². The first-order chi connectivity index (χ1) is 15.1. The maximum atomic E-state index is 12.2. The van der Waals surface area contributed by atoms with Gasteiger partial charge in [0.15, 0.2) is 5.82 Å². The summed E-state index contributed by atoms with van der Waals surface area (Å²) in [4.78, 5) is 17.5. The normalized spacial score (nSPS) is 10.5. The summed E-state index contributed by atoms with van der Waals surface area (Å²) in [6.45, 7) is 1.89. The number of benzene rings is 2. The van der Waals surface area contributed by atoms with Crippen LogP contribution in [0.3, 0.4) is 0 Å². The summed E-state index contributed by atoms with van der Waals surface area (Å²) in [5.74, 6) is 2.44. The van der Waals surface area contributed by atoms with Gasteiger partial charge >= 0.3 is 6.03 Å². The molecule has 2 aromatic carbocycles. The Labute approximate surface area is 183 Å². The van der Waals surface area contributed by atoms with Crippen molar-refractivity contribution in [2.24, 2.45) is 0 Å². The summed E-state index contributed by atoms with van der Waals surface area (Å²) >= 11 is 1.62. The van der Waals surface area contributed by atoms with E-state index in [-0.39, 0.29) is 6.03 Å². The van der Waals surface area contributed by atoms with E-state index in [9.17, 15) is 4.79 Å². The van der Waals surface area contributed by atoms with E-state index in [0.717, 1.165) is 16.4 Å². The fourth-order valence-electron chi connectivity index (χ4n) is 2.84. The average Bonchev–Trinajstić information content (AvgIpc) is 3.21. The lowest BCUT2D eigenvalue weighted by atomic mass is 10.3. The first-order valence-electron chi connectivity index (χ1n) is 9.45. The quantitative estimate of drug-likeness (QED) is 0.410. The molecule has 2 heterocycles. The van der Waals surface area contributed by atoms with Crippen molar-refractivity contribution in [3.05, 3.63) is 78.9 Å². The molecular weight excluding hydrogens is 412 g/mol. The molecule has 0 unspecified atom stereocenters. The molecule has 0 spiro atoms. The minimum atomic E-state index is -0.317. The topological polar surface area (TPSA) is 94.0 Å². The van der Waals surface area contributed by atoms with Gasteiger partial charge in [0.05, 0.1) is 0 Å². The predicted molar refractivity (Wildman–Crippen MR) is 121 cm³/mol. The van der Waals surface area contributed by atoms with Crippen LogP contribution in [0.1, 0.15) is 5.82 Å². The van der Waals surface area contributed by atoms with Gasteiger partial charge in [0, 0.05) is 34.7 Å². The SMILES string of the molecule is CSc1cccc(NC(=O)Nc2ccc(Oc3ccc(-n4ccnc4C)nn3)cc2)c1. The van der Waals surface area contributed by atoms with E-state index in [2.05, 4.69) is 25.8 Å². The molecule has 2 amide bonds. The van der Waals surface area contributed by atoms with Crippen molar-refractivity contribution in [1.82, 2.24) is 19.7 Å². The van der Waals surface area contributed by atoms with Gasteiger partial charge in [-0.25, -0.2) is 9.78 Å². The van der Waals surface area contributed by atoms with Crippen molar-refractivity contribution in [2.45, 2.75) is 11.8 Å². The Hall–Kier alpha value is -3.85. The van der Waals surface area contributed by atoms with E-state index in [4.69, 9.17) is 4.74 Å². The van der Waals surface area contributed by atoms with Crippen LogP contribution < -0.4 is 15.4 Å². The molecule has 2 N–H and O–H groups in total. The highest BCUT2D eigenvalue weighted by atomic mass is 32.2. The number of carbonyl (C=O) groups is 1. The molecular formula is C22H20N6O2S. The lowest BCUT2D eigenvalue weighted by molar-refractivity contribution is 0.262. The molecule has 0 saturated carbocycles. The number of imidazole rings is 1. The van der Waals surface area contributed by atoms with Gasteiger partial charge in [0.25, 0.3) is 0 Å². The van der Waals surface area contributed by atoms with Gasteiger partial charge in [0.2, 0.25) is 5.88 Å². The molecule has 0 fully saturated rings. The molecule has 2 aromatic heterocycles. The van der Waals surface area contributed by atoms with E-state index in [1.54, 1.807) is 48.3 Å². The Balaban J connectivity index is 1.34. The molecule has 4 rings (SSSR count). The molecule has 0 aliphatic rings. The van der Waals surface area contributed by atoms with Crippen molar-refractivity contribution in [1.29, 1.82) is 0 Å². The number of hydrogen-bond acceptors (Lipinski definition) is 6. The lowest BCUT2D eigenvalue weighted by Crippen LogP contribution is -2.19. The van der Waals surface area contributed by atoms with Crippen molar-refractivity contribution < 1.29 is 9.53 Å². The van der Waals surface area contributed by atoms with E-state index >= 15 is 0 Å². The number of nitrogens with one attached hydrogen (secondary N) is 2. The first kappa shape index (κ1) is 20.4. The Kier molecular flexibility index (Phi) is 6.13. The summed E-state index contributed by atoms with van der Waals surface area (Å²) in [6.07, 6.45) is 5.52. The van der Waals surface area contributed by atoms with Crippen LogP contribution in [0.5, 0.6) is 11.6 Å². The number of carbonyl (C=O) groups excluding carboxylic acids is 1. The van der Waals surface area contributed by atoms with E-state index in [1.807, 2.05) is 54.3 Å². The Morgan fingerprint density at radius 3 is 2.48 bits per heavy atom. The van der Waals surface area contributed by atoms with Crippen LogP contribution in [0.4, 0.5) is 16.2 Å². The summed E-state index contributed by atoms with van der Waals surface area (Å²) in [5.41, 5.74) is 1.38. The number of anilines is 2. The van der Waals surface area contributed by atoms with Crippen LogP contribution in [0.25, 0.3) is 5.82 Å². The lowest BCUT2D eigenvalue weighted by Gasteiger charge is -2.10. The third kappa shape index (κ3) is 5.20. The van der Waals surface area contributed by atoms with Crippen LogP contribution in [-0.4, -0.2) is 32.0 Å². The van der Waals surface area contributed by atoms with Gasteiger partial charge < -0.3 is 15.4 Å². The highest BCUT2D eigenvalue weighted by molar-refractivity contribution is 7.98. The van der Waals surface area contributed by atoms with E-state index in [0.29, 0.717) is 23.1 Å². The summed E-state index contributed by atoms with van der Waals surface area (Å²) in [6, 6.07) is 17.9. The van der Waals surface area contributed by atoms with Crippen LogP contribution >= 0.6 is 11.8 Å². The number of thioether (sulfide) groups is 1. The highest BCUT2D eigenvalue weighted by Gasteiger charge is 2.06. The molecule has 8 nitrogen and oxygen atoms in total. The molecule has 4 aromatic rings. The average molecular weight is 433 g/mol. The van der Waals surface area contributed by atoms with E-state index in [1.165, 1.54) is 0 Å². The fraction of sp³-hybridized carbons (Fsp3) is 0.0909. The third-order valence-corrected chi connectivity index (χ3v) is 5.09. The van der Waals surface area contributed by atoms with Crippen LogP contribution in [0.2, 0.25) is 0 Å². The van der Waals surface area contributed by atoms with Gasteiger partial charge in [-0.1, -0.05) is 6.07 Å². The van der Waals surface area contributed by atoms with Gasteiger partial charge in [-0.3, -0.25) is 4.57 Å². The summed E-state index contributed by atoms with van der Waals surface area (Å²) in [7, 11) is 0. The second-order valence-corrected chi connectivity index (χ2v) is 7.39. The largest absolute Gasteiger partial charge is 0.438 e. The molecule has 0 atom stereocenters. The number of nitrogens with zero attached hydrogens (tertiary/aromatic N) is 4. The minimum absolute atomic E-state index is 0.317. The number of aromatic nitrogens is 4. The standard InChI is InChI=1S/C22H20N6O2S/c1-15-23-12-13-28(15)20-10-11-21(27-26-20)30-18-8-6-16(7-9-18)24-22(29)25-17-4-3-5-19(14-17)31-2/h3-14H,1-2H3,(H2,24,25,29). The number of hydrogen-bond donors (Lipinski definition) is 2. The molecule has 0 aliphatic carbocycles. The van der Waals surface area contributed by atoms with Crippen molar-refractivity contribution in [3.63, 3.8) is 0 Å². The zero-order chi connectivity index (χ0) is 21.6. The first-order valence-corrected chi connectivity index (χ1v) is 10.7. The van der Waals surface area contributed by atoms with Gasteiger partial charge in [-0.15, -0.1) is 22.0 Å². The highest BCUT2D eigenvalue weighted by Crippen LogP contribution is 2.22. The van der Waals surface area contributed by atoms with Crippen LogP contribution in [0, 0.1) is 6.92 Å². The molecule has 0 aliphatic heterocycles. The molecule has 0 radical (unpaired) electrons. The number of urea groups is 1. The van der Waals surface area contributed by atoms with E-state index < -0.39 is 0 Å². The number of aryl methyl sites for hydroxylation is 1. The molecule has 9 heteroatoms. The van der Waals surface area contributed by atoms with Gasteiger partial charge in [0.1, 0.15) is 11.6 Å². The minimum Gasteiger partial charge on any atom is -0.438 e. The zero-order valence-corrected chi connectivity index (χ0v) is 17.8. The maximum absolute atomic E-state index is 12.2. The number of rotatable bonds is 6. The molecule has 31 heavy (non-hydrogen) atoms. The fourth-order valence-corrected chi connectivity index (χ4v) is 3.30. The monoisotopic (exact) mass is 432 g/mol. The van der Waals surface area contributed by atoms with Crippen molar-refractivity contribution in [3.8, 4) is 17.4 Å². The number of ether oxygens (including phenoxy) is 1. The zero-order valence-electron chi connectivity index (χ0n) is 16.9. The second-order valence-electron chi connectivity index (χ2n) is 6.51. The van der Waals surface area contributed by atoms with Crippen molar-refractivity contribution >= 4 is 29.2 Å². The Morgan fingerprint density at radius 1 is 1.00 bits per heavy atom. The predicted octanol–water partition coefficient (Wildman–Crippen LogP) is 5.13. The Morgan fingerprint density at radius 2 is 1.81 bits per heavy atom. The second kappa shape index (κ2) is 9.31. The maximum Gasteiger partial charge on any atom is 0.323 e. The van der Waals surface area contributed by atoms with Gasteiger partial charge in [-0.05, 0) is 61.7 Å². The Bertz CT molecular complexity index is 1180. The van der Waals surface area contributed by atoms with Crippen molar-refractivity contribution in [2.75, 3.05) is 16.9 Å². The molecule has 156 valence electrons. The summed E-state index contributed by atoms with van der Waals surface area (Å²) < 4.78 is 7.57.